The molecule has 1 amide bonds. The summed E-state index contributed by atoms with van der Waals surface area (Å²) in [5.41, 5.74) is 1.96. The number of thiophene rings is 1. The third-order valence-electron chi connectivity index (χ3n) is 4.21. The van der Waals surface area contributed by atoms with Crippen LogP contribution in [0.5, 0.6) is 0 Å². The SMILES string of the molecule is CCc1c(C)sc(NC(=O)c2cccc3ccccc23)c1C(=O)OC. The summed E-state index contributed by atoms with van der Waals surface area (Å²) in [4.78, 5) is 26.0. The molecule has 0 radical (unpaired) electrons. The van der Waals surface area contributed by atoms with E-state index in [0.29, 0.717) is 22.5 Å². The molecule has 0 saturated carbocycles. The topological polar surface area (TPSA) is 55.4 Å². The molecule has 4 nitrogen and oxygen atoms in total. The molecule has 3 rings (SSSR count). The van der Waals surface area contributed by atoms with E-state index in [9.17, 15) is 9.59 Å². The molecule has 0 spiro atoms. The Bertz CT molecular complexity index is 953. The first-order valence-corrected chi connectivity index (χ1v) is 8.88. The van der Waals surface area contributed by atoms with Gasteiger partial charge in [-0.3, -0.25) is 4.79 Å². The minimum atomic E-state index is -0.422. The number of hydrogen-bond acceptors (Lipinski definition) is 4. The second kappa shape index (κ2) is 7.07. The van der Waals surface area contributed by atoms with Crippen molar-refractivity contribution < 1.29 is 14.3 Å². The summed E-state index contributed by atoms with van der Waals surface area (Å²) >= 11 is 1.40. The number of benzene rings is 2. The Hall–Kier alpha value is -2.66. The van der Waals surface area contributed by atoms with Gasteiger partial charge in [0.15, 0.2) is 0 Å². The van der Waals surface area contributed by atoms with Gasteiger partial charge < -0.3 is 10.1 Å². The molecule has 0 unspecified atom stereocenters. The molecule has 25 heavy (non-hydrogen) atoms. The van der Waals surface area contributed by atoms with Crippen LogP contribution in [0.2, 0.25) is 0 Å². The van der Waals surface area contributed by atoms with E-state index < -0.39 is 5.97 Å². The van der Waals surface area contributed by atoms with Crippen molar-refractivity contribution in [1.82, 2.24) is 0 Å². The second-order valence-electron chi connectivity index (χ2n) is 5.67. The monoisotopic (exact) mass is 353 g/mol. The summed E-state index contributed by atoms with van der Waals surface area (Å²) in [5, 5.41) is 5.33. The molecule has 0 aliphatic rings. The van der Waals surface area contributed by atoms with E-state index >= 15 is 0 Å². The maximum Gasteiger partial charge on any atom is 0.341 e. The minimum absolute atomic E-state index is 0.231. The normalized spacial score (nSPS) is 10.7. The third-order valence-corrected chi connectivity index (χ3v) is 5.28. The molecule has 0 bridgehead atoms. The first-order chi connectivity index (χ1) is 12.1. The summed E-state index contributed by atoms with van der Waals surface area (Å²) in [6.45, 7) is 3.93. The van der Waals surface area contributed by atoms with Crippen LogP contribution in [0, 0.1) is 6.92 Å². The number of anilines is 1. The van der Waals surface area contributed by atoms with Gasteiger partial charge in [-0.15, -0.1) is 11.3 Å². The van der Waals surface area contributed by atoms with Crippen molar-refractivity contribution in [3.05, 3.63) is 64.0 Å². The van der Waals surface area contributed by atoms with E-state index in [4.69, 9.17) is 4.74 Å². The Morgan fingerprint density at radius 3 is 2.56 bits per heavy atom. The van der Waals surface area contributed by atoms with Crippen LogP contribution in [-0.2, 0) is 11.2 Å². The quantitative estimate of drug-likeness (QED) is 0.685. The lowest BCUT2D eigenvalue weighted by Crippen LogP contribution is -2.15. The molecule has 1 heterocycles. The smallest absolute Gasteiger partial charge is 0.341 e. The van der Waals surface area contributed by atoms with Crippen molar-refractivity contribution in [1.29, 1.82) is 0 Å². The van der Waals surface area contributed by atoms with E-state index in [1.165, 1.54) is 18.4 Å². The first-order valence-electron chi connectivity index (χ1n) is 8.06. The van der Waals surface area contributed by atoms with Crippen molar-refractivity contribution in [3.63, 3.8) is 0 Å². The van der Waals surface area contributed by atoms with Gasteiger partial charge in [0.25, 0.3) is 5.91 Å². The lowest BCUT2D eigenvalue weighted by Gasteiger charge is -2.09. The van der Waals surface area contributed by atoms with Crippen LogP contribution >= 0.6 is 11.3 Å². The zero-order valence-electron chi connectivity index (χ0n) is 14.4. The van der Waals surface area contributed by atoms with Crippen molar-refractivity contribution in [3.8, 4) is 0 Å². The zero-order chi connectivity index (χ0) is 18.0. The highest BCUT2D eigenvalue weighted by atomic mass is 32.1. The van der Waals surface area contributed by atoms with Crippen LogP contribution in [0.4, 0.5) is 5.00 Å². The number of fused-ring (bicyclic) bond motifs is 1. The summed E-state index contributed by atoms with van der Waals surface area (Å²) in [5.74, 6) is -0.653. The number of carbonyl (C=O) groups is 2. The van der Waals surface area contributed by atoms with E-state index in [1.807, 2.05) is 50.2 Å². The first kappa shape index (κ1) is 17.2. The van der Waals surface area contributed by atoms with E-state index in [1.54, 1.807) is 6.07 Å². The van der Waals surface area contributed by atoms with Gasteiger partial charge in [-0.2, -0.15) is 0 Å². The van der Waals surface area contributed by atoms with Crippen molar-refractivity contribution >= 4 is 39.0 Å². The highest BCUT2D eigenvalue weighted by Crippen LogP contribution is 2.34. The summed E-state index contributed by atoms with van der Waals surface area (Å²) in [6.07, 6.45) is 0.705. The number of methoxy groups -OCH3 is 1. The lowest BCUT2D eigenvalue weighted by atomic mass is 10.0. The Kier molecular flexibility index (Phi) is 4.86. The molecule has 128 valence electrons. The molecule has 0 atom stereocenters. The Morgan fingerprint density at radius 1 is 1.12 bits per heavy atom. The molecule has 0 aliphatic heterocycles. The summed E-state index contributed by atoms with van der Waals surface area (Å²) in [6, 6.07) is 13.3. The van der Waals surface area contributed by atoms with Crippen molar-refractivity contribution in [2.45, 2.75) is 20.3 Å². The fourth-order valence-electron chi connectivity index (χ4n) is 3.00. The Balaban J connectivity index is 2.02. The Labute approximate surface area is 150 Å². The summed E-state index contributed by atoms with van der Waals surface area (Å²) in [7, 11) is 1.35. The van der Waals surface area contributed by atoms with E-state index in [0.717, 1.165) is 21.2 Å². The van der Waals surface area contributed by atoms with Gasteiger partial charge in [-0.25, -0.2) is 4.79 Å². The number of amides is 1. The average molecular weight is 353 g/mol. The van der Waals surface area contributed by atoms with Crippen LogP contribution in [-0.4, -0.2) is 19.0 Å². The van der Waals surface area contributed by atoms with Crippen molar-refractivity contribution in [2.24, 2.45) is 0 Å². The lowest BCUT2D eigenvalue weighted by molar-refractivity contribution is 0.0601. The molecule has 2 aromatic carbocycles. The highest BCUT2D eigenvalue weighted by molar-refractivity contribution is 7.16. The fourth-order valence-corrected chi connectivity index (χ4v) is 4.13. The second-order valence-corrected chi connectivity index (χ2v) is 6.89. The molecule has 0 aliphatic carbocycles. The van der Waals surface area contributed by atoms with Crippen LogP contribution in [0.1, 0.15) is 38.1 Å². The maximum absolute atomic E-state index is 12.8. The van der Waals surface area contributed by atoms with Gasteiger partial charge in [0.1, 0.15) is 5.00 Å². The average Bonchev–Trinajstić information content (AvgIpc) is 2.95. The number of carbonyl (C=O) groups excluding carboxylic acids is 2. The zero-order valence-corrected chi connectivity index (χ0v) is 15.2. The molecule has 5 heteroatoms. The van der Waals surface area contributed by atoms with Crippen LogP contribution in [0.3, 0.4) is 0 Å². The largest absolute Gasteiger partial charge is 0.465 e. The number of hydrogen-bond donors (Lipinski definition) is 1. The molecule has 3 aromatic rings. The predicted molar refractivity (Wildman–Crippen MR) is 102 cm³/mol. The van der Waals surface area contributed by atoms with Gasteiger partial charge in [-0.1, -0.05) is 43.3 Å². The molecule has 1 aromatic heterocycles. The Morgan fingerprint density at radius 2 is 1.84 bits per heavy atom. The third kappa shape index (κ3) is 3.15. The highest BCUT2D eigenvalue weighted by Gasteiger charge is 2.23. The number of rotatable bonds is 4. The van der Waals surface area contributed by atoms with Crippen LogP contribution in [0.25, 0.3) is 10.8 Å². The molecule has 1 N–H and O–H groups in total. The number of aryl methyl sites for hydroxylation is 1. The van der Waals surface area contributed by atoms with Crippen molar-refractivity contribution in [2.75, 3.05) is 12.4 Å². The van der Waals surface area contributed by atoms with E-state index in [-0.39, 0.29) is 5.91 Å². The standard InChI is InChI=1S/C20H19NO3S/c1-4-14-12(2)25-19(17(14)20(23)24-3)21-18(22)16-11-7-9-13-8-5-6-10-15(13)16/h5-11H,4H2,1-3H3,(H,21,22). The molecule has 0 saturated heterocycles. The van der Waals surface area contributed by atoms with Gasteiger partial charge in [0.2, 0.25) is 0 Å². The van der Waals surface area contributed by atoms with Crippen LogP contribution < -0.4 is 5.32 Å². The van der Waals surface area contributed by atoms with Crippen LogP contribution in [0.15, 0.2) is 42.5 Å². The van der Waals surface area contributed by atoms with E-state index in [2.05, 4.69) is 5.32 Å². The van der Waals surface area contributed by atoms with Gasteiger partial charge in [0.05, 0.1) is 12.7 Å². The molecule has 0 fully saturated rings. The number of nitrogens with one attached hydrogen (secondary N) is 1. The number of ether oxygens (including phenoxy) is 1. The van der Waals surface area contributed by atoms with Gasteiger partial charge in [0, 0.05) is 10.4 Å². The summed E-state index contributed by atoms with van der Waals surface area (Å²) < 4.78 is 4.91. The predicted octanol–water partition coefficient (Wildman–Crippen LogP) is 4.81. The molecular formula is C20H19NO3S. The number of esters is 1. The minimum Gasteiger partial charge on any atom is -0.465 e. The molecular weight excluding hydrogens is 334 g/mol. The maximum atomic E-state index is 12.8. The fraction of sp³-hybridized carbons (Fsp3) is 0.200. The van der Waals surface area contributed by atoms with Gasteiger partial charge >= 0.3 is 5.97 Å². The van der Waals surface area contributed by atoms with Gasteiger partial charge in [-0.05, 0) is 35.7 Å².